The number of para-hydroxylation sites is 3. The maximum atomic E-state index is 5.47. The van der Waals surface area contributed by atoms with Gasteiger partial charge in [-0.3, -0.25) is 9.13 Å². The molecule has 6 heteroatoms. The maximum Gasteiger partial charge on any atom is 0.120 e. The SMILES string of the molecule is C.C.C=C(c1ccc(OC)cc1-n1cnc2ccccc21)C(C)(C)C.COc1ccc2c(c1)-n1cnc3cccc(c31)C(C)(C)C2(C)C. The molecule has 0 amide bonds. The van der Waals surface area contributed by atoms with Crippen LogP contribution < -0.4 is 9.47 Å². The van der Waals surface area contributed by atoms with E-state index in [1.807, 2.05) is 43.0 Å². The van der Waals surface area contributed by atoms with E-state index in [1.165, 1.54) is 16.6 Å². The summed E-state index contributed by atoms with van der Waals surface area (Å²) in [5, 5.41) is 0. The van der Waals surface area contributed by atoms with Crippen LogP contribution in [0.2, 0.25) is 0 Å². The highest BCUT2D eigenvalue weighted by Gasteiger charge is 2.44. The lowest BCUT2D eigenvalue weighted by Crippen LogP contribution is -2.40. The first-order valence-corrected chi connectivity index (χ1v) is 15.8. The first-order chi connectivity index (χ1) is 21.8. The lowest BCUT2D eigenvalue weighted by atomic mass is 9.61. The monoisotopic (exact) mass is 644 g/mol. The van der Waals surface area contributed by atoms with Gasteiger partial charge in [-0.25, -0.2) is 9.97 Å². The van der Waals surface area contributed by atoms with Crippen molar-refractivity contribution in [2.45, 2.75) is 74.1 Å². The van der Waals surface area contributed by atoms with Gasteiger partial charge in [0, 0.05) is 28.5 Å². The van der Waals surface area contributed by atoms with Crippen molar-refractivity contribution < 1.29 is 9.47 Å². The molecule has 0 unspecified atom stereocenters. The number of ether oxygens (including phenoxy) is 2. The van der Waals surface area contributed by atoms with Crippen molar-refractivity contribution in [1.29, 1.82) is 0 Å². The van der Waals surface area contributed by atoms with Gasteiger partial charge in [0.1, 0.15) is 24.2 Å². The third-order valence-electron chi connectivity index (χ3n) is 10.1. The Bertz CT molecular complexity index is 2090. The average molecular weight is 645 g/mol. The van der Waals surface area contributed by atoms with Crippen molar-refractivity contribution in [3.63, 3.8) is 0 Å². The van der Waals surface area contributed by atoms with E-state index in [0.717, 1.165) is 50.6 Å². The molecule has 0 fully saturated rings. The van der Waals surface area contributed by atoms with Crippen LogP contribution in [-0.4, -0.2) is 33.3 Å². The van der Waals surface area contributed by atoms with Crippen LogP contribution in [0.4, 0.5) is 0 Å². The van der Waals surface area contributed by atoms with Crippen LogP contribution in [0, 0.1) is 5.41 Å². The minimum atomic E-state index is -0.0259. The molecule has 1 aliphatic rings. The summed E-state index contributed by atoms with van der Waals surface area (Å²) in [6.45, 7) is 20.2. The molecule has 0 bridgehead atoms. The Morgan fingerprint density at radius 1 is 0.667 bits per heavy atom. The van der Waals surface area contributed by atoms with E-state index in [0.29, 0.717) is 0 Å². The Kier molecular flexibility index (Phi) is 9.74. The molecular weight excluding hydrogens is 592 g/mol. The van der Waals surface area contributed by atoms with Crippen molar-refractivity contribution in [3.8, 4) is 22.9 Å². The lowest BCUT2D eigenvalue weighted by molar-refractivity contribution is 0.306. The number of imidazole rings is 2. The summed E-state index contributed by atoms with van der Waals surface area (Å²) in [4.78, 5) is 9.13. The number of methoxy groups -OCH3 is 2. The second-order valence-corrected chi connectivity index (χ2v) is 14.1. The number of allylic oxidation sites excluding steroid dienone is 1. The van der Waals surface area contributed by atoms with Crippen molar-refractivity contribution in [3.05, 3.63) is 115 Å². The Hall–Kier alpha value is -4.84. The van der Waals surface area contributed by atoms with Crippen molar-refractivity contribution in [1.82, 2.24) is 19.1 Å². The fourth-order valence-corrected chi connectivity index (χ4v) is 6.44. The van der Waals surface area contributed by atoms with Gasteiger partial charge in [0.15, 0.2) is 0 Å². The Labute approximate surface area is 287 Å². The van der Waals surface area contributed by atoms with Crippen molar-refractivity contribution >= 4 is 27.6 Å². The van der Waals surface area contributed by atoms with Crippen molar-refractivity contribution in [2.75, 3.05) is 14.2 Å². The molecule has 0 saturated carbocycles. The molecule has 7 rings (SSSR count). The molecule has 6 aromatic rings. The minimum Gasteiger partial charge on any atom is -0.497 e. The molecule has 6 nitrogen and oxygen atoms in total. The number of fused-ring (bicyclic) bond motifs is 3. The van der Waals surface area contributed by atoms with Gasteiger partial charge >= 0.3 is 0 Å². The number of hydrogen-bond donors (Lipinski definition) is 0. The first kappa shape index (κ1) is 36.0. The number of nitrogens with zero attached hydrogens (tertiary/aromatic N) is 4. The summed E-state index contributed by atoms with van der Waals surface area (Å²) < 4.78 is 15.2. The highest BCUT2D eigenvalue weighted by atomic mass is 16.5. The summed E-state index contributed by atoms with van der Waals surface area (Å²) in [6, 6.07) is 27.0. The smallest absolute Gasteiger partial charge is 0.120 e. The number of aromatic nitrogens is 4. The average Bonchev–Trinajstić information content (AvgIpc) is 3.67. The molecule has 0 aliphatic carbocycles. The van der Waals surface area contributed by atoms with Crippen LogP contribution in [0.25, 0.3) is 39.0 Å². The summed E-state index contributed by atoms with van der Waals surface area (Å²) >= 11 is 0. The number of hydrogen-bond acceptors (Lipinski definition) is 4. The van der Waals surface area contributed by atoms with Gasteiger partial charge in [0.25, 0.3) is 0 Å². The second-order valence-electron chi connectivity index (χ2n) is 14.1. The highest BCUT2D eigenvalue weighted by Crippen LogP contribution is 2.50. The van der Waals surface area contributed by atoms with Crippen LogP contribution in [0.1, 0.15) is 80.0 Å². The number of rotatable bonds is 4. The van der Waals surface area contributed by atoms with Gasteiger partial charge in [0.05, 0.1) is 47.7 Å². The van der Waals surface area contributed by atoms with Crippen LogP contribution in [0.15, 0.2) is 98.1 Å². The predicted octanol–water partition coefficient (Wildman–Crippen LogP) is 11.0. The van der Waals surface area contributed by atoms with Crippen LogP contribution in [-0.2, 0) is 10.8 Å². The maximum absolute atomic E-state index is 5.47. The van der Waals surface area contributed by atoms with Gasteiger partial charge in [-0.2, -0.15) is 0 Å². The lowest BCUT2D eigenvalue weighted by Gasteiger charge is -2.42. The molecule has 0 saturated heterocycles. The molecule has 1 aliphatic heterocycles. The molecule has 2 aromatic heterocycles. The molecule has 4 aromatic carbocycles. The fourth-order valence-electron chi connectivity index (χ4n) is 6.44. The van der Waals surface area contributed by atoms with E-state index in [-0.39, 0.29) is 31.1 Å². The highest BCUT2D eigenvalue weighted by molar-refractivity contribution is 5.84. The largest absolute Gasteiger partial charge is 0.497 e. The Balaban J connectivity index is 0.000000208. The molecule has 252 valence electrons. The zero-order valence-electron chi connectivity index (χ0n) is 28.5. The van der Waals surface area contributed by atoms with E-state index in [9.17, 15) is 0 Å². The zero-order chi connectivity index (χ0) is 33.0. The fraction of sp³-hybridized carbons (Fsp3) is 0.333. The third kappa shape index (κ3) is 5.78. The third-order valence-corrected chi connectivity index (χ3v) is 10.1. The molecule has 0 radical (unpaired) electrons. The van der Waals surface area contributed by atoms with Gasteiger partial charge in [-0.1, -0.05) is 100 Å². The van der Waals surface area contributed by atoms with Crippen LogP contribution in [0.5, 0.6) is 11.5 Å². The summed E-state index contributed by atoms with van der Waals surface area (Å²) in [7, 11) is 3.40. The summed E-state index contributed by atoms with van der Waals surface area (Å²) in [5.74, 6) is 1.70. The van der Waals surface area contributed by atoms with E-state index in [2.05, 4.69) is 123 Å². The Morgan fingerprint density at radius 2 is 1.23 bits per heavy atom. The molecule has 0 atom stereocenters. The normalized spacial score (nSPS) is 14.0. The van der Waals surface area contributed by atoms with Gasteiger partial charge in [-0.15, -0.1) is 0 Å². The van der Waals surface area contributed by atoms with Crippen LogP contribution >= 0.6 is 0 Å². The van der Waals surface area contributed by atoms with Gasteiger partial charge < -0.3 is 9.47 Å². The van der Waals surface area contributed by atoms with E-state index >= 15 is 0 Å². The quantitative estimate of drug-likeness (QED) is 0.192. The molecule has 0 N–H and O–H groups in total. The molecule has 48 heavy (non-hydrogen) atoms. The molecule has 0 spiro atoms. The predicted molar refractivity (Wildman–Crippen MR) is 203 cm³/mol. The molecule has 3 heterocycles. The first-order valence-electron chi connectivity index (χ1n) is 15.8. The summed E-state index contributed by atoms with van der Waals surface area (Å²) in [6.07, 6.45) is 3.79. The van der Waals surface area contributed by atoms with E-state index < -0.39 is 0 Å². The van der Waals surface area contributed by atoms with E-state index in [4.69, 9.17) is 9.47 Å². The van der Waals surface area contributed by atoms with E-state index in [1.54, 1.807) is 14.2 Å². The van der Waals surface area contributed by atoms with Crippen LogP contribution in [0.3, 0.4) is 0 Å². The summed E-state index contributed by atoms with van der Waals surface area (Å²) in [5.41, 5.74) is 11.3. The number of benzene rings is 4. The second kappa shape index (κ2) is 13.0. The molecular formula is C42H52N4O2. The zero-order valence-corrected chi connectivity index (χ0v) is 28.5. The van der Waals surface area contributed by atoms with Gasteiger partial charge in [-0.05, 0) is 58.5 Å². The Morgan fingerprint density at radius 3 is 1.90 bits per heavy atom. The standard InChI is InChI=1S/2C20H22N2O.2CH4/c1-19(2)14-10-9-13(23-5)11-17(14)22-12-21-16-8-6-7-15(18(16)22)20(19,3)4;1-14(20(2,3)4)16-11-10-15(23-5)12-19(16)22-13-21-17-8-6-7-9-18(17)22;;/h6-12H,1-5H3;6-13H,1H2,2-5H3;2*1H4. The van der Waals surface area contributed by atoms with Gasteiger partial charge in [0.2, 0.25) is 0 Å². The topological polar surface area (TPSA) is 54.1 Å². The van der Waals surface area contributed by atoms with Crippen molar-refractivity contribution in [2.24, 2.45) is 5.41 Å². The minimum absolute atomic E-state index is 0.